The van der Waals surface area contributed by atoms with Crippen LogP contribution in [0, 0.1) is 0 Å². The summed E-state index contributed by atoms with van der Waals surface area (Å²) >= 11 is 6.32. The minimum absolute atomic E-state index is 0.0499. The van der Waals surface area contributed by atoms with Gasteiger partial charge in [-0.3, -0.25) is 0 Å². The van der Waals surface area contributed by atoms with Crippen LogP contribution in [0.1, 0.15) is 39.0 Å². The Bertz CT molecular complexity index is 1130. The van der Waals surface area contributed by atoms with Crippen LogP contribution in [0.3, 0.4) is 0 Å². The highest BCUT2D eigenvalue weighted by molar-refractivity contribution is 7.89. The van der Waals surface area contributed by atoms with Crippen LogP contribution in [0.15, 0.2) is 36.7 Å². The topological polar surface area (TPSA) is 99.8 Å². The van der Waals surface area contributed by atoms with Crippen LogP contribution in [-0.2, 0) is 10.0 Å². The number of aromatic nitrogens is 3. The van der Waals surface area contributed by atoms with Crippen molar-refractivity contribution in [3.63, 3.8) is 0 Å². The summed E-state index contributed by atoms with van der Waals surface area (Å²) in [5, 5.41) is 4.89. The summed E-state index contributed by atoms with van der Waals surface area (Å²) in [7, 11) is -3.22. The van der Waals surface area contributed by atoms with E-state index in [1.165, 1.54) is 0 Å². The van der Waals surface area contributed by atoms with E-state index < -0.39 is 10.0 Å². The molecule has 1 aliphatic rings. The lowest BCUT2D eigenvalue weighted by Gasteiger charge is -2.30. The molecule has 0 saturated heterocycles. The van der Waals surface area contributed by atoms with Crippen molar-refractivity contribution in [2.45, 2.75) is 51.1 Å². The van der Waals surface area contributed by atoms with Gasteiger partial charge >= 0.3 is 0 Å². The number of hydrogen-bond acceptors (Lipinski definition) is 5. The smallest absolute Gasteiger partial charge is 0.211 e. The maximum Gasteiger partial charge on any atom is 0.211 e. The molecule has 30 heavy (non-hydrogen) atoms. The van der Waals surface area contributed by atoms with Crippen molar-refractivity contribution in [2.24, 2.45) is 0 Å². The molecule has 0 spiro atoms. The maximum absolute atomic E-state index is 12.1. The number of anilines is 1. The molecule has 9 heteroatoms. The fourth-order valence-corrected chi connectivity index (χ4v) is 5.73. The minimum Gasteiger partial charge on any atom is -0.367 e. The molecule has 0 aromatic carbocycles. The van der Waals surface area contributed by atoms with Gasteiger partial charge in [-0.05, 0) is 61.9 Å². The van der Waals surface area contributed by atoms with E-state index >= 15 is 0 Å². The molecule has 3 aromatic rings. The molecule has 0 amide bonds. The first-order valence-electron chi connectivity index (χ1n) is 10.3. The maximum atomic E-state index is 12.1. The van der Waals surface area contributed by atoms with Gasteiger partial charge in [0.1, 0.15) is 16.6 Å². The molecule has 3 heterocycles. The van der Waals surface area contributed by atoms with Gasteiger partial charge in [-0.1, -0.05) is 18.5 Å². The van der Waals surface area contributed by atoms with Crippen molar-refractivity contribution < 1.29 is 8.42 Å². The third kappa shape index (κ3) is 4.94. The summed E-state index contributed by atoms with van der Waals surface area (Å²) in [5.74, 6) is 0.859. The van der Waals surface area contributed by atoms with Gasteiger partial charge in [0, 0.05) is 35.4 Å². The molecule has 2 unspecified atom stereocenters. The third-order valence-electron chi connectivity index (χ3n) is 5.40. The number of H-pyrrole nitrogens is 1. The summed E-state index contributed by atoms with van der Waals surface area (Å²) in [6, 6.07) is 7.83. The first-order chi connectivity index (χ1) is 14.4. The van der Waals surface area contributed by atoms with Gasteiger partial charge in [0.25, 0.3) is 0 Å². The van der Waals surface area contributed by atoms with Crippen molar-refractivity contribution in [3.8, 4) is 11.1 Å². The summed E-state index contributed by atoms with van der Waals surface area (Å²) in [6.45, 7) is 1.87. The van der Waals surface area contributed by atoms with Crippen molar-refractivity contribution in [3.05, 3.63) is 41.8 Å². The zero-order valence-corrected chi connectivity index (χ0v) is 18.4. The highest BCUT2D eigenvalue weighted by Crippen LogP contribution is 2.31. The highest BCUT2D eigenvalue weighted by Gasteiger charge is 2.25. The van der Waals surface area contributed by atoms with Crippen LogP contribution in [-0.4, -0.2) is 41.2 Å². The molecule has 3 N–H and O–H groups in total. The predicted molar refractivity (Wildman–Crippen MR) is 121 cm³/mol. The second-order valence-corrected chi connectivity index (χ2v) is 10.1. The molecule has 0 bridgehead atoms. The Morgan fingerprint density at radius 1 is 1.27 bits per heavy atom. The molecule has 2 atom stereocenters. The second kappa shape index (κ2) is 8.91. The number of hydrogen-bond donors (Lipinski definition) is 3. The summed E-state index contributed by atoms with van der Waals surface area (Å²) in [5.41, 5.74) is 2.79. The lowest BCUT2D eigenvalue weighted by atomic mass is 9.91. The number of sulfonamides is 1. The zero-order valence-electron chi connectivity index (χ0n) is 16.9. The Balaban J connectivity index is 1.51. The standard InChI is InChI=1S/C21H26ClN5O2S/c1-2-9-30(28,29)27-16-6-3-5-15(12-16)25-20-11-14(10-19(22)26-20)18-13-24-21-17(18)7-4-8-23-21/h4,7-8,10-11,13,15-16,27H,2-3,5-6,9,12H2,1H3,(H,23,24)(H,25,26). The van der Waals surface area contributed by atoms with Crippen molar-refractivity contribution in [2.75, 3.05) is 11.1 Å². The van der Waals surface area contributed by atoms with Crippen LogP contribution >= 0.6 is 11.6 Å². The SMILES string of the molecule is CCCS(=O)(=O)NC1CCCC(Nc2cc(-c3c[nH]c4ncccc34)cc(Cl)n2)C1. The van der Waals surface area contributed by atoms with Crippen LogP contribution in [0.5, 0.6) is 0 Å². The van der Waals surface area contributed by atoms with Gasteiger partial charge in [-0.25, -0.2) is 23.1 Å². The number of rotatable bonds is 7. The summed E-state index contributed by atoms with van der Waals surface area (Å²) < 4.78 is 27.1. The number of fused-ring (bicyclic) bond motifs is 1. The molecule has 1 fully saturated rings. The Labute approximate surface area is 181 Å². The van der Waals surface area contributed by atoms with E-state index in [1.807, 2.05) is 37.4 Å². The van der Waals surface area contributed by atoms with E-state index in [0.717, 1.165) is 47.8 Å². The Morgan fingerprint density at radius 3 is 2.93 bits per heavy atom. The molecule has 7 nitrogen and oxygen atoms in total. The lowest BCUT2D eigenvalue weighted by molar-refractivity contribution is 0.385. The molecular formula is C21H26ClN5O2S. The highest BCUT2D eigenvalue weighted by atomic mass is 35.5. The van der Waals surface area contributed by atoms with E-state index in [4.69, 9.17) is 11.6 Å². The first-order valence-corrected chi connectivity index (χ1v) is 12.3. The van der Waals surface area contributed by atoms with E-state index in [1.54, 1.807) is 6.20 Å². The van der Waals surface area contributed by atoms with Gasteiger partial charge in [0.15, 0.2) is 0 Å². The van der Waals surface area contributed by atoms with Crippen molar-refractivity contribution in [1.82, 2.24) is 19.7 Å². The second-order valence-electron chi connectivity index (χ2n) is 7.81. The van der Waals surface area contributed by atoms with Crippen LogP contribution < -0.4 is 10.0 Å². The number of halogens is 1. The van der Waals surface area contributed by atoms with E-state index in [0.29, 0.717) is 17.4 Å². The number of nitrogens with zero attached hydrogens (tertiary/aromatic N) is 2. The van der Waals surface area contributed by atoms with Crippen molar-refractivity contribution >= 4 is 38.5 Å². The van der Waals surface area contributed by atoms with Crippen LogP contribution in [0.25, 0.3) is 22.2 Å². The van der Waals surface area contributed by atoms with E-state index in [9.17, 15) is 8.42 Å². The number of aromatic amines is 1. The summed E-state index contributed by atoms with van der Waals surface area (Å²) in [6.07, 6.45) is 7.80. The largest absolute Gasteiger partial charge is 0.367 e. The first kappa shape index (κ1) is 21.1. The van der Waals surface area contributed by atoms with E-state index in [-0.39, 0.29) is 17.8 Å². The predicted octanol–water partition coefficient (Wildman–Crippen LogP) is 4.33. The molecule has 0 aliphatic heterocycles. The Morgan fingerprint density at radius 2 is 2.10 bits per heavy atom. The summed E-state index contributed by atoms with van der Waals surface area (Å²) in [4.78, 5) is 12.0. The van der Waals surface area contributed by atoms with Gasteiger partial charge in [-0.15, -0.1) is 0 Å². The minimum atomic E-state index is -3.22. The van der Waals surface area contributed by atoms with Crippen LogP contribution in [0.4, 0.5) is 5.82 Å². The monoisotopic (exact) mass is 447 g/mol. The van der Waals surface area contributed by atoms with E-state index in [2.05, 4.69) is 25.0 Å². The van der Waals surface area contributed by atoms with Crippen molar-refractivity contribution in [1.29, 1.82) is 0 Å². The Kier molecular flexibility index (Phi) is 6.26. The molecular weight excluding hydrogens is 422 g/mol. The normalized spacial score (nSPS) is 19.8. The van der Waals surface area contributed by atoms with Gasteiger partial charge in [-0.2, -0.15) is 0 Å². The molecule has 1 aliphatic carbocycles. The molecule has 3 aromatic heterocycles. The molecule has 4 rings (SSSR count). The fourth-order valence-electron chi connectivity index (χ4n) is 4.14. The average molecular weight is 448 g/mol. The zero-order chi connectivity index (χ0) is 21.1. The number of nitrogens with one attached hydrogen (secondary N) is 3. The lowest BCUT2D eigenvalue weighted by Crippen LogP contribution is -2.42. The van der Waals surface area contributed by atoms with Gasteiger partial charge in [0.2, 0.25) is 10.0 Å². The molecule has 160 valence electrons. The van der Waals surface area contributed by atoms with Gasteiger partial charge in [0.05, 0.1) is 5.75 Å². The Hall–Kier alpha value is -2.16. The molecule has 1 saturated carbocycles. The number of pyridine rings is 2. The molecule has 0 radical (unpaired) electrons. The fraction of sp³-hybridized carbons (Fsp3) is 0.429. The van der Waals surface area contributed by atoms with Crippen LogP contribution in [0.2, 0.25) is 5.15 Å². The average Bonchev–Trinajstić information content (AvgIpc) is 3.11. The quantitative estimate of drug-likeness (QED) is 0.468. The third-order valence-corrected chi connectivity index (χ3v) is 7.23. The van der Waals surface area contributed by atoms with Gasteiger partial charge < -0.3 is 10.3 Å².